The van der Waals surface area contributed by atoms with Gasteiger partial charge >= 0.3 is 6.18 Å². The molecule has 0 radical (unpaired) electrons. The van der Waals surface area contributed by atoms with Gasteiger partial charge in [0.05, 0.1) is 24.0 Å². The van der Waals surface area contributed by atoms with Crippen LogP contribution in [0.15, 0.2) is 58.3 Å². The number of aromatic nitrogens is 5. The summed E-state index contributed by atoms with van der Waals surface area (Å²) in [5, 5.41) is 19.1. The van der Waals surface area contributed by atoms with Crippen molar-refractivity contribution in [2.45, 2.75) is 19.1 Å². The van der Waals surface area contributed by atoms with E-state index < -0.39 is 17.6 Å². The number of anilines is 2. The van der Waals surface area contributed by atoms with Crippen LogP contribution >= 0.6 is 0 Å². The van der Waals surface area contributed by atoms with Gasteiger partial charge in [-0.1, -0.05) is 35.5 Å². The van der Waals surface area contributed by atoms with E-state index >= 15 is 0 Å². The lowest BCUT2D eigenvalue weighted by atomic mass is 10.1. The molecule has 0 atom stereocenters. The number of alkyl halides is 3. The van der Waals surface area contributed by atoms with Gasteiger partial charge in [-0.15, -0.1) is 5.10 Å². The van der Waals surface area contributed by atoms with Crippen molar-refractivity contribution in [2.24, 2.45) is 5.10 Å². The quantitative estimate of drug-likeness (QED) is 0.306. The Kier molecular flexibility index (Phi) is 5.83. The van der Waals surface area contributed by atoms with Gasteiger partial charge in [0.2, 0.25) is 11.6 Å². The van der Waals surface area contributed by atoms with Gasteiger partial charge in [-0.05, 0) is 46.1 Å². The summed E-state index contributed by atoms with van der Waals surface area (Å²) < 4.78 is 44.7. The molecule has 184 valence electrons. The highest BCUT2D eigenvalue weighted by Gasteiger charge is 2.30. The number of hydrogen-bond acceptors (Lipinski definition) is 9. The lowest BCUT2D eigenvalue weighted by Crippen LogP contribution is -2.26. The molecule has 0 saturated carbocycles. The zero-order chi connectivity index (χ0) is 25.3. The summed E-state index contributed by atoms with van der Waals surface area (Å²) in [4.78, 5) is 15.0. The average Bonchev–Trinajstić information content (AvgIpc) is 3.58. The number of nitrogens with two attached hydrogens (primary N) is 1. The molecule has 0 saturated heterocycles. The first-order valence-electron chi connectivity index (χ1n) is 10.7. The zero-order valence-corrected chi connectivity index (χ0v) is 18.5. The minimum atomic E-state index is -4.49. The van der Waals surface area contributed by atoms with Gasteiger partial charge in [0.1, 0.15) is 0 Å². The Hall–Kier alpha value is -4.75. The number of rotatable bonds is 6. The van der Waals surface area contributed by atoms with Crippen molar-refractivity contribution >= 4 is 23.6 Å². The molecule has 0 unspecified atom stereocenters. The number of nitrogens with zero attached hydrogens (tertiary/aromatic N) is 7. The number of halogens is 3. The molecule has 0 aliphatic carbocycles. The maximum absolute atomic E-state index is 12.9. The number of hydrogen-bond donors (Lipinski definition) is 2. The van der Waals surface area contributed by atoms with E-state index in [0.717, 1.165) is 36.0 Å². The maximum atomic E-state index is 12.9. The Morgan fingerprint density at radius 3 is 2.81 bits per heavy atom. The van der Waals surface area contributed by atoms with Crippen LogP contribution in [0.5, 0.6) is 0 Å². The van der Waals surface area contributed by atoms with Crippen LogP contribution in [0.2, 0.25) is 0 Å². The molecule has 2 aromatic heterocycles. The first kappa shape index (κ1) is 23.0. The second-order valence-electron chi connectivity index (χ2n) is 7.89. The third-order valence-electron chi connectivity index (χ3n) is 5.59. The number of carbonyl (C=O) groups is 1. The summed E-state index contributed by atoms with van der Waals surface area (Å²) in [5.74, 6) is -0.698. The largest absolute Gasteiger partial charge is 0.416 e. The number of amides is 1. The Labute approximate surface area is 201 Å². The van der Waals surface area contributed by atoms with E-state index in [1.54, 1.807) is 0 Å². The van der Waals surface area contributed by atoms with Gasteiger partial charge in [0.15, 0.2) is 5.69 Å². The minimum absolute atomic E-state index is 0.0440. The highest BCUT2D eigenvalue weighted by Crippen LogP contribution is 2.30. The second-order valence-corrected chi connectivity index (χ2v) is 7.89. The molecular formula is C22H18F3N9O2. The van der Waals surface area contributed by atoms with Gasteiger partial charge in [-0.25, -0.2) is 10.1 Å². The number of hydrazone groups is 1. The van der Waals surface area contributed by atoms with Gasteiger partial charge in [-0.2, -0.15) is 23.0 Å². The topological polar surface area (TPSA) is 140 Å². The van der Waals surface area contributed by atoms with Crippen LogP contribution < -0.4 is 16.1 Å². The third-order valence-corrected chi connectivity index (χ3v) is 5.59. The maximum Gasteiger partial charge on any atom is 0.416 e. The Bertz CT molecular complexity index is 1440. The molecule has 5 rings (SSSR count). The number of benzene rings is 2. The van der Waals surface area contributed by atoms with Gasteiger partial charge in [0, 0.05) is 12.2 Å². The van der Waals surface area contributed by atoms with E-state index in [0.29, 0.717) is 12.2 Å². The van der Waals surface area contributed by atoms with Crippen molar-refractivity contribution in [2.75, 3.05) is 17.2 Å². The molecule has 3 heterocycles. The number of para-hydroxylation sites is 1. The van der Waals surface area contributed by atoms with Crippen molar-refractivity contribution in [1.29, 1.82) is 0 Å². The molecule has 4 aromatic rings. The van der Waals surface area contributed by atoms with Crippen LogP contribution in [0.1, 0.15) is 32.9 Å². The summed E-state index contributed by atoms with van der Waals surface area (Å²) in [6.45, 7) is 0.933. The zero-order valence-electron chi connectivity index (χ0n) is 18.5. The number of carbonyl (C=O) groups excluding carboxylic acids is 1. The Morgan fingerprint density at radius 1 is 1.19 bits per heavy atom. The minimum Gasteiger partial charge on any atom is -0.378 e. The lowest BCUT2D eigenvalue weighted by molar-refractivity contribution is -0.137. The number of nitrogens with one attached hydrogen (secondary N) is 1. The summed E-state index contributed by atoms with van der Waals surface area (Å²) in [7, 11) is 0. The van der Waals surface area contributed by atoms with Gasteiger partial charge < -0.3 is 10.6 Å². The smallest absolute Gasteiger partial charge is 0.378 e. The summed E-state index contributed by atoms with van der Waals surface area (Å²) in [6.07, 6.45) is -2.56. The normalized spacial score (nSPS) is 13.4. The molecule has 1 aliphatic rings. The summed E-state index contributed by atoms with van der Waals surface area (Å²) in [5.41, 5.74) is 9.89. The molecule has 0 bridgehead atoms. The molecule has 3 N–H and O–H groups in total. The first-order chi connectivity index (χ1) is 17.3. The molecule has 1 aliphatic heterocycles. The predicted octanol–water partition coefficient (Wildman–Crippen LogP) is 2.58. The van der Waals surface area contributed by atoms with Crippen LogP contribution in [-0.4, -0.2) is 44.0 Å². The van der Waals surface area contributed by atoms with Crippen LogP contribution in [-0.2, 0) is 19.1 Å². The highest BCUT2D eigenvalue weighted by atomic mass is 19.4. The van der Waals surface area contributed by atoms with E-state index in [9.17, 15) is 18.0 Å². The number of fused-ring (bicyclic) bond motifs is 1. The predicted molar refractivity (Wildman–Crippen MR) is 121 cm³/mol. The molecule has 0 fully saturated rings. The molecule has 1 amide bonds. The second kappa shape index (κ2) is 9.13. The fourth-order valence-corrected chi connectivity index (χ4v) is 3.89. The molecule has 11 nitrogen and oxygen atoms in total. The summed E-state index contributed by atoms with van der Waals surface area (Å²) in [6, 6.07) is 12.4. The van der Waals surface area contributed by atoms with Crippen LogP contribution in [0.25, 0.3) is 5.82 Å². The van der Waals surface area contributed by atoms with E-state index in [-0.39, 0.29) is 29.4 Å². The Balaban J connectivity index is 1.41. The fraction of sp³-hybridized carbons (Fsp3) is 0.182. The van der Waals surface area contributed by atoms with E-state index in [4.69, 9.17) is 5.73 Å². The van der Waals surface area contributed by atoms with Crippen LogP contribution in [0.4, 0.5) is 24.7 Å². The van der Waals surface area contributed by atoms with Gasteiger partial charge in [-0.3, -0.25) is 4.79 Å². The molecular weight excluding hydrogens is 479 g/mol. The highest BCUT2D eigenvalue weighted by molar-refractivity contribution is 5.94. The first-order valence-corrected chi connectivity index (χ1v) is 10.7. The number of nitrogen functional groups attached to an aromatic ring is 1. The van der Waals surface area contributed by atoms with Crippen molar-refractivity contribution < 1.29 is 22.6 Å². The standard InChI is InChI=1S/C22H18F3N9O2/c23-22(24,25)15-6-3-4-13(10-15)11-27-29-21(35)18-17(34(32-28-18)20-19(26)30-36-31-20)12-33-9-8-14-5-1-2-7-16(14)33/h1-7,10-11H,8-9,12H2,(H2,26,30)(H,29,35). The van der Waals surface area contributed by atoms with E-state index in [1.807, 2.05) is 24.3 Å². The summed E-state index contributed by atoms with van der Waals surface area (Å²) >= 11 is 0. The van der Waals surface area contributed by atoms with Gasteiger partial charge in [0.25, 0.3) is 5.91 Å². The third kappa shape index (κ3) is 4.47. The molecule has 0 spiro atoms. The van der Waals surface area contributed by atoms with E-state index in [2.05, 4.69) is 40.7 Å². The van der Waals surface area contributed by atoms with Crippen molar-refractivity contribution in [3.05, 3.63) is 76.6 Å². The fourth-order valence-electron chi connectivity index (χ4n) is 3.89. The van der Waals surface area contributed by atoms with Crippen molar-refractivity contribution in [3.8, 4) is 5.82 Å². The van der Waals surface area contributed by atoms with Crippen molar-refractivity contribution in [3.63, 3.8) is 0 Å². The van der Waals surface area contributed by atoms with E-state index in [1.165, 1.54) is 16.8 Å². The van der Waals surface area contributed by atoms with Crippen LogP contribution in [0.3, 0.4) is 0 Å². The monoisotopic (exact) mass is 497 g/mol. The average molecular weight is 497 g/mol. The molecule has 14 heteroatoms. The lowest BCUT2D eigenvalue weighted by Gasteiger charge is -2.19. The molecule has 36 heavy (non-hydrogen) atoms. The SMILES string of the molecule is Nc1nonc1-n1nnc(C(=O)NN=Cc2cccc(C(F)(F)F)c2)c1CN1CCc2ccccc21. The molecule has 2 aromatic carbocycles. The Morgan fingerprint density at radius 2 is 2.03 bits per heavy atom. The van der Waals surface area contributed by atoms with Crippen molar-refractivity contribution in [1.82, 2.24) is 30.7 Å². The van der Waals surface area contributed by atoms with Crippen LogP contribution in [0, 0.1) is 0 Å².